The molecule has 1 aliphatic rings. The summed E-state index contributed by atoms with van der Waals surface area (Å²) in [6.07, 6.45) is 3.35. The maximum atomic E-state index is 14.0. The molecule has 1 aliphatic heterocycles. The summed E-state index contributed by atoms with van der Waals surface area (Å²) in [5, 5.41) is 6.06. The van der Waals surface area contributed by atoms with Gasteiger partial charge in [-0.2, -0.15) is 5.10 Å². The minimum atomic E-state index is -0.829. The summed E-state index contributed by atoms with van der Waals surface area (Å²) in [5.41, 5.74) is 9.22. The van der Waals surface area contributed by atoms with E-state index in [0.29, 0.717) is 75.9 Å². The number of nitrogens with two attached hydrogens (primary N) is 1. The first kappa shape index (κ1) is 40.9. The number of amides is 1. The Hall–Kier alpha value is -7.88. The van der Waals surface area contributed by atoms with Gasteiger partial charge >= 0.3 is 6.09 Å². The minimum Gasteiger partial charge on any atom is -0.497 e. The van der Waals surface area contributed by atoms with E-state index in [4.69, 9.17) is 39.3 Å². The Balaban J connectivity index is 0.987. The van der Waals surface area contributed by atoms with E-state index in [-0.39, 0.29) is 34.5 Å². The first-order chi connectivity index (χ1) is 30.1. The number of nitrogens with zero attached hydrogens (tertiary/aromatic N) is 6. The molecule has 62 heavy (non-hydrogen) atoms. The van der Waals surface area contributed by atoms with Gasteiger partial charge in [0.2, 0.25) is 5.75 Å². The number of ether oxygens (including phenoxy) is 6. The number of rotatable bonds is 13. The Kier molecular flexibility index (Phi) is 11.5. The van der Waals surface area contributed by atoms with Gasteiger partial charge in [0, 0.05) is 53.0 Å². The molecule has 4 heterocycles. The molecule has 316 valence electrons. The monoisotopic (exact) mass is 837 g/mol. The van der Waals surface area contributed by atoms with Crippen LogP contribution in [0.15, 0.2) is 110 Å². The van der Waals surface area contributed by atoms with E-state index in [1.807, 2.05) is 59.3 Å². The van der Waals surface area contributed by atoms with Crippen LogP contribution in [-0.2, 0) is 9.53 Å². The largest absolute Gasteiger partial charge is 0.497 e. The van der Waals surface area contributed by atoms with E-state index in [1.165, 1.54) is 57.7 Å². The summed E-state index contributed by atoms with van der Waals surface area (Å²) in [5.74, 6) is 2.24. The summed E-state index contributed by atoms with van der Waals surface area (Å²) in [6, 6.07) is 24.8. The SMILES string of the molecule is C=C(COC(=O)n1cc(C(=O)c2cc(OC)c(OC)c(OC)c2)c2ccc(OC)cc21)C(=O)N1CCC[C@@H](n2nc(-c3ccc(Oc4ccccc4)cc3)c3c(N)ncnc32)C1. The second kappa shape index (κ2) is 17.4. The fourth-order valence-corrected chi connectivity index (χ4v) is 7.63. The van der Waals surface area contributed by atoms with Gasteiger partial charge in [0.1, 0.15) is 41.7 Å². The van der Waals surface area contributed by atoms with E-state index >= 15 is 0 Å². The first-order valence-electron chi connectivity index (χ1n) is 19.6. The van der Waals surface area contributed by atoms with E-state index in [1.54, 1.807) is 23.1 Å². The van der Waals surface area contributed by atoms with Gasteiger partial charge in [-0.1, -0.05) is 24.8 Å². The number of anilines is 1. The lowest BCUT2D eigenvalue weighted by atomic mass is 10.0. The van der Waals surface area contributed by atoms with Crippen molar-refractivity contribution in [1.29, 1.82) is 0 Å². The highest BCUT2D eigenvalue weighted by Gasteiger charge is 2.31. The Morgan fingerprint density at radius 2 is 1.55 bits per heavy atom. The predicted octanol–water partition coefficient (Wildman–Crippen LogP) is 7.49. The molecule has 0 saturated carbocycles. The molecule has 0 aliphatic carbocycles. The van der Waals surface area contributed by atoms with E-state index in [2.05, 4.69) is 16.5 Å². The zero-order valence-electron chi connectivity index (χ0n) is 34.5. The highest BCUT2D eigenvalue weighted by Crippen LogP contribution is 2.40. The number of carbonyl (C=O) groups excluding carboxylic acids is 3. The van der Waals surface area contributed by atoms with Gasteiger partial charge < -0.3 is 39.1 Å². The zero-order valence-corrected chi connectivity index (χ0v) is 34.5. The summed E-state index contributed by atoms with van der Waals surface area (Å²) >= 11 is 0. The van der Waals surface area contributed by atoms with Crippen molar-refractivity contribution in [2.24, 2.45) is 0 Å². The number of benzene rings is 4. The lowest BCUT2D eigenvalue weighted by Gasteiger charge is -2.33. The van der Waals surface area contributed by atoms with Gasteiger partial charge in [0.15, 0.2) is 22.9 Å². The smallest absolute Gasteiger partial charge is 0.418 e. The van der Waals surface area contributed by atoms with Crippen molar-refractivity contribution < 1.29 is 42.8 Å². The van der Waals surface area contributed by atoms with Crippen LogP contribution in [0.2, 0.25) is 0 Å². The number of nitrogen functional groups attached to an aromatic ring is 1. The standard InChI is InChI=1S/C46H43N7O9/c1-27(25-61-46(56)52-24-35(34-18-17-33(57-2)22-36(34)52)41(54)29-20-37(58-3)42(60-5)38(21-29)59-4)45(55)51-19-9-10-30(23-51)53-44-39(43(47)48-26-49-44)40(50-53)28-13-15-32(16-14-28)62-31-11-7-6-8-12-31/h6-8,11-18,20-22,24,26,30H,1,9-10,19,23,25H2,2-5H3,(H2,47,48,49)/t30-/m1/s1. The van der Waals surface area contributed by atoms with Gasteiger partial charge in [0.05, 0.1) is 45.4 Å². The first-order valence-corrected chi connectivity index (χ1v) is 19.6. The van der Waals surface area contributed by atoms with Crippen molar-refractivity contribution in [3.63, 3.8) is 0 Å². The number of hydrogen-bond donors (Lipinski definition) is 1. The van der Waals surface area contributed by atoms with E-state index in [0.717, 1.165) is 17.7 Å². The number of para-hydroxylation sites is 1. The highest BCUT2D eigenvalue weighted by atomic mass is 16.6. The van der Waals surface area contributed by atoms with Crippen LogP contribution >= 0.6 is 0 Å². The number of ketones is 1. The van der Waals surface area contributed by atoms with Crippen molar-refractivity contribution in [1.82, 2.24) is 29.2 Å². The lowest BCUT2D eigenvalue weighted by Crippen LogP contribution is -2.42. The fraction of sp³-hybridized carbons (Fsp3) is 0.217. The highest BCUT2D eigenvalue weighted by molar-refractivity contribution is 6.18. The van der Waals surface area contributed by atoms with Crippen LogP contribution in [0.3, 0.4) is 0 Å². The van der Waals surface area contributed by atoms with E-state index < -0.39 is 18.5 Å². The zero-order chi connectivity index (χ0) is 43.5. The van der Waals surface area contributed by atoms with Crippen LogP contribution in [-0.4, -0.2) is 95.1 Å². The second-order valence-corrected chi connectivity index (χ2v) is 14.4. The molecule has 1 atom stereocenters. The molecule has 2 N–H and O–H groups in total. The van der Waals surface area contributed by atoms with Crippen LogP contribution in [0.5, 0.6) is 34.5 Å². The summed E-state index contributed by atoms with van der Waals surface area (Å²) in [4.78, 5) is 52.2. The predicted molar refractivity (Wildman–Crippen MR) is 230 cm³/mol. The summed E-state index contributed by atoms with van der Waals surface area (Å²) < 4.78 is 36.4. The Bertz CT molecular complexity index is 2810. The molecule has 0 unspecified atom stereocenters. The quantitative estimate of drug-likeness (QED) is 0.0891. The molecule has 0 radical (unpaired) electrons. The number of aromatic nitrogens is 5. The van der Waals surface area contributed by atoms with Gasteiger partial charge in [-0.15, -0.1) is 0 Å². The van der Waals surface area contributed by atoms with Crippen LogP contribution in [0.4, 0.5) is 10.6 Å². The third-order valence-corrected chi connectivity index (χ3v) is 10.7. The average Bonchev–Trinajstić information content (AvgIpc) is 3.90. The second-order valence-electron chi connectivity index (χ2n) is 14.4. The molecule has 8 rings (SSSR count). The number of piperidine rings is 1. The van der Waals surface area contributed by atoms with Crippen LogP contribution in [0.25, 0.3) is 33.2 Å². The van der Waals surface area contributed by atoms with Gasteiger partial charge in [-0.05, 0) is 73.5 Å². The van der Waals surface area contributed by atoms with Crippen molar-refractivity contribution in [2.45, 2.75) is 18.9 Å². The van der Waals surface area contributed by atoms with Crippen molar-refractivity contribution in [2.75, 3.05) is 53.9 Å². The maximum Gasteiger partial charge on any atom is 0.418 e. The molecular weight excluding hydrogens is 795 g/mol. The Morgan fingerprint density at radius 3 is 2.24 bits per heavy atom. The summed E-state index contributed by atoms with van der Waals surface area (Å²) in [6.45, 7) is 4.34. The number of hydrogen-bond acceptors (Lipinski definition) is 13. The molecule has 1 saturated heterocycles. The summed E-state index contributed by atoms with van der Waals surface area (Å²) in [7, 11) is 5.87. The normalized spacial score (nSPS) is 13.7. The van der Waals surface area contributed by atoms with Gasteiger partial charge in [-0.25, -0.2) is 19.4 Å². The van der Waals surface area contributed by atoms with Crippen LogP contribution < -0.4 is 29.4 Å². The average molecular weight is 838 g/mol. The molecule has 1 fully saturated rings. The van der Waals surface area contributed by atoms with Crippen molar-refractivity contribution in [3.05, 3.63) is 121 Å². The number of methoxy groups -OCH3 is 4. The molecule has 3 aromatic heterocycles. The molecule has 16 nitrogen and oxygen atoms in total. The molecular formula is C46H43N7O9. The third kappa shape index (κ3) is 7.80. The number of likely N-dealkylation sites (tertiary alicyclic amines) is 1. The van der Waals surface area contributed by atoms with E-state index in [9.17, 15) is 14.4 Å². The van der Waals surface area contributed by atoms with Crippen molar-refractivity contribution >= 4 is 45.5 Å². The topological polar surface area (TPSA) is 184 Å². The molecule has 0 spiro atoms. The maximum absolute atomic E-state index is 14.0. The van der Waals surface area contributed by atoms with Crippen LogP contribution in [0.1, 0.15) is 34.8 Å². The lowest BCUT2D eigenvalue weighted by molar-refractivity contribution is -0.129. The molecule has 7 aromatic rings. The molecule has 16 heteroatoms. The van der Waals surface area contributed by atoms with Gasteiger partial charge in [0.25, 0.3) is 5.91 Å². The number of carbonyl (C=O) groups is 3. The van der Waals surface area contributed by atoms with Crippen molar-refractivity contribution in [3.8, 4) is 45.8 Å². The molecule has 0 bridgehead atoms. The van der Waals surface area contributed by atoms with Crippen LogP contribution in [0, 0.1) is 0 Å². The molecule has 4 aromatic carbocycles. The third-order valence-electron chi connectivity index (χ3n) is 10.7. The molecule has 1 amide bonds. The fourth-order valence-electron chi connectivity index (χ4n) is 7.63. The van der Waals surface area contributed by atoms with Gasteiger partial charge in [-0.3, -0.25) is 14.2 Å². The number of fused-ring (bicyclic) bond motifs is 2. The Morgan fingerprint density at radius 1 is 0.839 bits per heavy atom. The Labute approximate surface area is 356 Å². The minimum absolute atomic E-state index is 0.0668.